The number of nitrogens with one attached hydrogen (secondary N) is 1. The zero-order valence-corrected chi connectivity index (χ0v) is 10.3. The minimum atomic E-state index is -1.41. The van der Waals surface area contributed by atoms with Crippen molar-refractivity contribution < 1.29 is 13.2 Å². The lowest BCUT2D eigenvalue weighted by Gasteiger charge is -2.12. The minimum Gasteiger partial charge on any atom is -0.312 e. The summed E-state index contributed by atoms with van der Waals surface area (Å²) >= 11 is 0. The van der Waals surface area contributed by atoms with Crippen molar-refractivity contribution >= 4 is 0 Å². The van der Waals surface area contributed by atoms with Gasteiger partial charge in [-0.3, -0.25) is 0 Å². The van der Waals surface area contributed by atoms with Crippen LogP contribution in [-0.2, 0) is 6.54 Å². The standard InChI is InChI=1S/C13H17F3N2/c1-18-3-2-9(8-18)6-17-7-10-4-11(14)13(16)12(15)5-10/h4-5,9,17H,2-3,6-8H2,1H3. The molecule has 0 saturated carbocycles. The molecule has 0 bridgehead atoms. The minimum absolute atomic E-state index is 0.355. The molecule has 2 nitrogen and oxygen atoms in total. The molecule has 1 aliphatic rings. The molecule has 0 radical (unpaired) electrons. The zero-order valence-electron chi connectivity index (χ0n) is 10.3. The van der Waals surface area contributed by atoms with Crippen LogP contribution in [0.4, 0.5) is 13.2 Å². The van der Waals surface area contributed by atoms with Crippen molar-refractivity contribution in [1.29, 1.82) is 0 Å². The molecule has 1 heterocycles. The summed E-state index contributed by atoms with van der Waals surface area (Å²) in [5.41, 5.74) is 0.428. The van der Waals surface area contributed by atoms with Crippen LogP contribution in [-0.4, -0.2) is 31.6 Å². The third kappa shape index (κ3) is 3.23. The molecule has 1 fully saturated rings. The van der Waals surface area contributed by atoms with Crippen molar-refractivity contribution in [3.8, 4) is 0 Å². The van der Waals surface area contributed by atoms with Crippen molar-refractivity contribution in [2.24, 2.45) is 5.92 Å². The SMILES string of the molecule is CN1CCC(CNCc2cc(F)c(F)c(F)c2)C1. The topological polar surface area (TPSA) is 15.3 Å². The lowest BCUT2D eigenvalue weighted by Crippen LogP contribution is -2.24. The number of nitrogens with zero attached hydrogens (tertiary/aromatic N) is 1. The van der Waals surface area contributed by atoms with Gasteiger partial charge in [0.05, 0.1) is 0 Å². The van der Waals surface area contributed by atoms with Gasteiger partial charge >= 0.3 is 0 Å². The van der Waals surface area contributed by atoms with E-state index < -0.39 is 17.5 Å². The molecule has 0 aliphatic carbocycles. The monoisotopic (exact) mass is 258 g/mol. The van der Waals surface area contributed by atoms with Crippen LogP contribution in [0.1, 0.15) is 12.0 Å². The highest BCUT2D eigenvalue weighted by molar-refractivity contribution is 5.19. The number of rotatable bonds is 4. The van der Waals surface area contributed by atoms with E-state index in [0.29, 0.717) is 18.0 Å². The summed E-state index contributed by atoms with van der Waals surface area (Å²) in [6.45, 7) is 3.30. The molecular formula is C13H17F3N2. The summed E-state index contributed by atoms with van der Waals surface area (Å²) in [7, 11) is 2.07. The molecule has 0 aromatic heterocycles. The quantitative estimate of drug-likeness (QED) is 0.832. The third-order valence-electron chi connectivity index (χ3n) is 3.29. The van der Waals surface area contributed by atoms with Crippen molar-refractivity contribution in [2.45, 2.75) is 13.0 Å². The summed E-state index contributed by atoms with van der Waals surface area (Å²) in [4.78, 5) is 2.25. The molecule has 18 heavy (non-hydrogen) atoms. The third-order valence-corrected chi connectivity index (χ3v) is 3.29. The Morgan fingerprint density at radius 1 is 1.28 bits per heavy atom. The Morgan fingerprint density at radius 3 is 2.50 bits per heavy atom. The largest absolute Gasteiger partial charge is 0.312 e. The van der Waals surface area contributed by atoms with Crippen LogP contribution in [0.2, 0.25) is 0 Å². The van der Waals surface area contributed by atoms with Gasteiger partial charge in [-0.1, -0.05) is 0 Å². The smallest absolute Gasteiger partial charge is 0.194 e. The highest BCUT2D eigenvalue weighted by Gasteiger charge is 2.18. The molecule has 1 saturated heterocycles. The van der Waals surface area contributed by atoms with Crippen LogP contribution in [0.25, 0.3) is 0 Å². The van der Waals surface area contributed by atoms with Crippen LogP contribution >= 0.6 is 0 Å². The predicted octanol–water partition coefficient (Wildman–Crippen LogP) is 2.15. The van der Waals surface area contributed by atoms with E-state index in [4.69, 9.17) is 0 Å². The highest BCUT2D eigenvalue weighted by Crippen LogP contribution is 2.15. The molecule has 1 unspecified atom stereocenters. The van der Waals surface area contributed by atoms with Gasteiger partial charge in [0.1, 0.15) is 0 Å². The van der Waals surface area contributed by atoms with E-state index in [9.17, 15) is 13.2 Å². The average Bonchev–Trinajstić information content (AvgIpc) is 2.72. The average molecular weight is 258 g/mol. The molecule has 100 valence electrons. The van der Waals surface area contributed by atoms with Gasteiger partial charge in [-0.25, -0.2) is 13.2 Å². The van der Waals surface area contributed by atoms with Crippen molar-refractivity contribution in [3.63, 3.8) is 0 Å². The predicted molar refractivity (Wildman–Crippen MR) is 63.6 cm³/mol. The van der Waals surface area contributed by atoms with Crippen molar-refractivity contribution in [1.82, 2.24) is 10.2 Å². The van der Waals surface area contributed by atoms with Gasteiger partial charge in [0.15, 0.2) is 17.5 Å². The van der Waals surface area contributed by atoms with Gasteiger partial charge in [0, 0.05) is 13.1 Å². The first-order valence-corrected chi connectivity index (χ1v) is 6.09. The van der Waals surface area contributed by atoms with Gasteiger partial charge in [-0.05, 0) is 50.2 Å². The Hall–Kier alpha value is -1.07. The maximum absolute atomic E-state index is 13.0. The van der Waals surface area contributed by atoms with E-state index in [2.05, 4.69) is 17.3 Å². The van der Waals surface area contributed by atoms with Crippen LogP contribution in [0, 0.1) is 23.4 Å². The zero-order chi connectivity index (χ0) is 13.1. The second kappa shape index (κ2) is 5.71. The fourth-order valence-corrected chi connectivity index (χ4v) is 2.32. The number of halogens is 3. The fraction of sp³-hybridized carbons (Fsp3) is 0.538. The van der Waals surface area contributed by atoms with E-state index in [1.165, 1.54) is 0 Å². The van der Waals surface area contributed by atoms with Crippen LogP contribution in [0.15, 0.2) is 12.1 Å². The first kappa shape index (κ1) is 13.4. The van der Waals surface area contributed by atoms with Gasteiger partial charge in [-0.15, -0.1) is 0 Å². The Labute approximate surface area is 105 Å². The number of benzene rings is 1. The summed E-state index contributed by atoms with van der Waals surface area (Å²) in [6.07, 6.45) is 1.13. The first-order chi connectivity index (χ1) is 8.56. The molecule has 2 rings (SSSR count). The Bertz CT molecular complexity index is 400. The van der Waals surface area contributed by atoms with Crippen LogP contribution < -0.4 is 5.32 Å². The van der Waals surface area contributed by atoms with E-state index in [0.717, 1.165) is 38.2 Å². The maximum Gasteiger partial charge on any atom is 0.194 e. The van der Waals surface area contributed by atoms with Crippen LogP contribution in [0.3, 0.4) is 0 Å². The van der Waals surface area contributed by atoms with Gasteiger partial charge in [0.2, 0.25) is 0 Å². The normalized spacial score (nSPS) is 20.6. The molecule has 1 aliphatic heterocycles. The summed E-state index contributed by atoms with van der Waals surface area (Å²) < 4.78 is 38.7. The molecular weight excluding hydrogens is 241 g/mol. The molecule has 1 aromatic carbocycles. The van der Waals surface area contributed by atoms with Crippen molar-refractivity contribution in [3.05, 3.63) is 35.1 Å². The summed E-state index contributed by atoms with van der Waals surface area (Å²) in [5.74, 6) is -3.10. The second-order valence-electron chi connectivity index (χ2n) is 4.92. The van der Waals surface area contributed by atoms with Gasteiger partial charge in [0.25, 0.3) is 0 Å². The van der Waals surface area contributed by atoms with Gasteiger partial charge < -0.3 is 10.2 Å². The van der Waals surface area contributed by atoms with E-state index in [1.807, 2.05) is 0 Å². The fourth-order valence-electron chi connectivity index (χ4n) is 2.32. The number of hydrogen-bond acceptors (Lipinski definition) is 2. The molecule has 0 spiro atoms. The van der Waals surface area contributed by atoms with Crippen LogP contribution in [0.5, 0.6) is 0 Å². The van der Waals surface area contributed by atoms with E-state index in [1.54, 1.807) is 0 Å². The lowest BCUT2D eigenvalue weighted by atomic mass is 10.1. The van der Waals surface area contributed by atoms with Crippen molar-refractivity contribution in [2.75, 3.05) is 26.7 Å². The molecule has 0 amide bonds. The first-order valence-electron chi connectivity index (χ1n) is 6.09. The molecule has 5 heteroatoms. The van der Waals surface area contributed by atoms with E-state index >= 15 is 0 Å². The Balaban J connectivity index is 1.83. The summed E-state index contributed by atoms with van der Waals surface area (Å²) in [6, 6.07) is 2.07. The Kier molecular flexibility index (Phi) is 4.24. The highest BCUT2D eigenvalue weighted by atomic mass is 19.2. The maximum atomic E-state index is 13.0. The molecule has 1 atom stereocenters. The Morgan fingerprint density at radius 2 is 1.94 bits per heavy atom. The second-order valence-corrected chi connectivity index (χ2v) is 4.92. The molecule has 1 aromatic rings. The number of hydrogen-bond donors (Lipinski definition) is 1. The van der Waals surface area contributed by atoms with E-state index in [-0.39, 0.29) is 0 Å². The van der Waals surface area contributed by atoms with Gasteiger partial charge in [-0.2, -0.15) is 0 Å². The lowest BCUT2D eigenvalue weighted by molar-refractivity contribution is 0.388. The number of likely N-dealkylation sites (tertiary alicyclic amines) is 1. The summed E-state index contributed by atoms with van der Waals surface area (Å²) in [5, 5.41) is 3.16. The molecule has 1 N–H and O–H groups in total.